The second-order valence-corrected chi connectivity index (χ2v) is 7.54. The van der Waals surface area contributed by atoms with Crippen LogP contribution in [0.2, 0.25) is 0 Å². The molecule has 0 amide bonds. The fourth-order valence-electron chi connectivity index (χ4n) is 4.25. The lowest BCUT2D eigenvalue weighted by Gasteiger charge is -2.23. The zero-order valence-electron chi connectivity index (χ0n) is 15.6. The normalized spacial score (nSPS) is 21.7. The fourth-order valence-corrected chi connectivity index (χ4v) is 4.25. The van der Waals surface area contributed by atoms with Crippen molar-refractivity contribution in [2.45, 2.75) is 39.5 Å². The number of ether oxygens (including phenoxy) is 1. The largest absolute Gasteiger partial charge is 0.511 e. The van der Waals surface area contributed by atoms with Crippen LogP contribution in [0.4, 0.5) is 4.39 Å². The molecule has 2 atom stereocenters. The summed E-state index contributed by atoms with van der Waals surface area (Å²) in [6, 6.07) is 10.2. The van der Waals surface area contributed by atoms with Crippen molar-refractivity contribution in [3.63, 3.8) is 0 Å². The van der Waals surface area contributed by atoms with Crippen LogP contribution in [0, 0.1) is 24.6 Å². The summed E-state index contributed by atoms with van der Waals surface area (Å²) >= 11 is 0. The van der Waals surface area contributed by atoms with Crippen LogP contribution in [0.3, 0.4) is 0 Å². The fraction of sp³-hybridized carbons (Fsp3) is 0.348. The highest BCUT2D eigenvalue weighted by atomic mass is 19.1. The molecule has 0 unspecified atom stereocenters. The van der Waals surface area contributed by atoms with Crippen LogP contribution in [0.1, 0.15) is 42.9 Å². The molecule has 2 aromatic rings. The molecule has 2 aliphatic rings. The number of aryl methyl sites for hydroxylation is 2. The third kappa shape index (κ3) is 3.14. The van der Waals surface area contributed by atoms with E-state index in [4.69, 9.17) is 4.74 Å². The molecular formula is C23H23FO3. The number of fused-ring (bicyclic) bond motifs is 2. The zero-order valence-corrected chi connectivity index (χ0v) is 15.6. The van der Waals surface area contributed by atoms with Crippen LogP contribution in [0.15, 0.2) is 42.2 Å². The Labute approximate surface area is 158 Å². The van der Waals surface area contributed by atoms with Crippen molar-refractivity contribution in [3.05, 3.63) is 64.7 Å². The molecule has 0 spiro atoms. The Bertz CT molecular complexity index is 945. The second-order valence-electron chi connectivity index (χ2n) is 7.54. The van der Waals surface area contributed by atoms with Gasteiger partial charge in [-0.3, -0.25) is 4.79 Å². The molecule has 3 nitrogen and oxygen atoms in total. The van der Waals surface area contributed by atoms with E-state index in [-0.39, 0.29) is 29.1 Å². The topological polar surface area (TPSA) is 46.5 Å². The van der Waals surface area contributed by atoms with Crippen molar-refractivity contribution in [2.24, 2.45) is 11.8 Å². The van der Waals surface area contributed by atoms with Gasteiger partial charge in [-0.1, -0.05) is 19.1 Å². The van der Waals surface area contributed by atoms with Crippen molar-refractivity contribution in [1.82, 2.24) is 0 Å². The number of ketones is 1. The number of Topliss-reactive ketones (excluding diaryl/α,β-unsaturated/α-hetero) is 1. The Morgan fingerprint density at radius 3 is 2.67 bits per heavy atom. The van der Waals surface area contributed by atoms with E-state index in [1.54, 1.807) is 24.3 Å². The molecule has 1 saturated carbocycles. The van der Waals surface area contributed by atoms with Gasteiger partial charge in [-0.05, 0) is 73.6 Å². The standard InChI is InChI=1S/C23H23FO3/c1-3-14-7-8-17(27-20-9-4-13(2)10-19(20)24)12-18(14)21-22(25)15-5-6-16(11-15)23(21)26/h4,7-10,12,15-16,25H,3,5-6,11H2,1-2H3/t15-,16+/m0/s1. The summed E-state index contributed by atoms with van der Waals surface area (Å²) < 4.78 is 19.9. The minimum Gasteiger partial charge on any atom is -0.511 e. The molecule has 4 rings (SSSR count). The lowest BCUT2D eigenvalue weighted by molar-refractivity contribution is -0.117. The van der Waals surface area contributed by atoms with Gasteiger partial charge >= 0.3 is 0 Å². The van der Waals surface area contributed by atoms with E-state index in [9.17, 15) is 14.3 Å². The SMILES string of the molecule is CCc1ccc(Oc2ccc(C)cc2F)cc1C1=C(O)[C@H]2CC[C@H](C2)C1=O. The van der Waals surface area contributed by atoms with Gasteiger partial charge < -0.3 is 9.84 Å². The second kappa shape index (κ2) is 6.84. The first-order valence-corrected chi connectivity index (χ1v) is 9.52. The first-order valence-electron chi connectivity index (χ1n) is 9.52. The summed E-state index contributed by atoms with van der Waals surface area (Å²) in [6.45, 7) is 3.83. The third-order valence-electron chi connectivity index (χ3n) is 5.74. The highest BCUT2D eigenvalue weighted by molar-refractivity contribution is 6.23. The van der Waals surface area contributed by atoms with Gasteiger partial charge in [0.2, 0.25) is 0 Å². The number of allylic oxidation sites excluding steroid dienone is 2. The molecule has 27 heavy (non-hydrogen) atoms. The van der Waals surface area contributed by atoms with Crippen LogP contribution in [0.25, 0.3) is 5.57 Å². The maximum Gasteiger partial charge on any atom is 0.169 e. The summed E-state index contributed by atoms with van der Waals surface area (Å²) in [5.74, 6) is 0.484. The van der Waals surface area contributed by atoms with Crippen LogP contribution in [-0.4, -0.2) is 10.9 Å². The molecule has 0 heterocycles. The van der Waals surface area contributed by atoms with Gasteiger partial charge in [0.15, 0.2) is 17.3 Å². The molecule has 0 saturated heterocycles. The summed E-state index contributed by atoms with van der Waals surface area (Å²) in [5.41, 5.74) is 2.94. The average molecular weight is 366 g/mol. The number of aliphatic hydroxyl groups is 1. The van der Waals surface area contributed by atoms with Crippen molar-refractivity contribution in [2.75, 3.05) is 0 Å². The lowest BCUT2D eigenvalue weighted by Crippen LogP contribution is -2.21. The molecule has 1 fully saturated rings. The molecule has 4 heteroatoms. The predicted octanol–water partition coefficient (Wildman–Crippen LogP) is 5.76. The van der Waals surface area contributed by atoms with Crippen molar-refractivity contribution in [3.8, 4) is 11.5 Å². The first kappa shape index (κ1) is 17.8. The molecule has 1 N–H and O–H groups in total. The number of hydrogen-bond donors (Lipinski definition) is 1. The molecule has 0 radical (unpaired) electrons. The Hall–Kier alpha value is -2.62. The number of halogens is 1. The number of rotatable bonds is 4. The molecule has 0 aromatic heterocycles. The van der Waals surface area contributed by atoms with Crippen molar-refractivity contribution < 1.29 is 19.0 Å². The van der Waals surface area contributed by atoms with Crippen LogP contribution in [0.5, 0.6) is 11.5 Å². The number of carbonyl (C=O) groups is 1. The van der Waals surface area contributed by atoms with Gasteiger partial charge in [-0.15, -0.1) is 0 Å². The number of aliphatic hydroxyl groups excluding tert-OH is 1. The van der Waals surface area contributed by atoms with E-state index in [0.29, 0.717) is 16.9 Å². The van der Waals surface area contributed by atoms with Gasteiger partial charge in [0, 0.05) is 11.8 Å². The lowest BCUT2D eigenvalue weighted by atomic mass is 9.81. The molecule has 2 aliphatic carbocycles. The van der Waals surface area contributed by atoms with Crippen molar-refractivity contribution in [1.29, 1.82) is 0 Å². The van der Waals surface area contributed by atoms with E-state index in [1.807, 2.05) is 19.9 Å². The van der Waals surface area contributed by atoms with Gasteiger partial charge in [0.25, 0.3) is 0 Å². The quantitative estimate of drug-likeness (QED) is 0.749. The molecule has 2 bridgehead atoms. The number of hydrogen-bond acceptors (Lipinski definition) is 3. The molecule has 2 aromatic carbocycles. The minimum absolute atomic E-state index is 0.00437. The predicted molar refractivity (Wildman–Crippen MR) is 102 cm³/mol. The van der Waals surface area contributed by atoms with E-state index in [2.05, 4.69) is 0 Å². The minimum atomic E-state index is -0.426. The smallest absolute Gasteiger partial charge is 0.169 e. The highest BCUT2D eigenvalue weighted by Crippen LogP contribution is 2.46. The summed E-state index contributed by atoms with van der Waals surface area (Å²) in [7, 11) is 0. The maximum atomic E-state index is 14.1. The summed E-state index contributed by atoms with van der Waals surface area (Å²) in [4.78, 5) is 12.9. The van der Waals surface area contributed by atoms with Crippen LogP contribution in [-0.2, 0) is 11.2 Å². The number of benzene rings is 2. The summed E-state index contributed by atoms with van der Waals surface area (Å²) in [6.07, 6.45) is 3.18. The van der Waals surface area contributed by atoms with Crippen molar-refractivity contribution >= 4 is 11.4 Å². The highest BCUT2D eigenvalue weighted by Gasteiger charge is 2.41. The Balaban J connectivity index is 1.76. The van der Waals surface area contributed by atoms with Gasteiger partial charge in [0.1, 0.15) is 11.5 Å². The zero-order chi connectivity index (χ0) is 19.1. The third-order valence-corrected chi connectivity index (χ3v) is 5.74. The van der Waals surface area contributed by atoms with E-state index in [0.717, 1.165) is 36.8 Å². The average Bonchev–Trinajstić information content (AvgIpc) is 3.10. The van der Waals surface area contributed by atoms with Gasteiger partial charge in [-0.2, -0.15) is 0 Å². The maximum absolute atomic E-state index is 14.1. The van der Waals surface area contributed by atoms with Crippen LogP contribution >= 0.6 is 0 Å². The van der Waals surface area contributed by atoms with E-state index >= 15 is 0 Å². The molecule has 140 valence electrons. The van der Waals surface area contributed by atoms with Gasteiger partial charge in [0.05, 0.1) is 5.57 Å². The van der Waals surface area contributed by atoms with Crippen LogP contribution < -0.4 is 4.74 Å². The Kier molecular flexibility index (Phi) is 4.50. The van der Waals surface area contributed by atoms with E-state index < -0.39 is 5.82 Å². The number of carbonyl (C=O) groups excluding carboxylic acids is 1. The monoisotopic (exact) mass is 366 g/mol. The van der Waals surface area contributed by atoms with E-state index in [1.165, 1.54) is 6.07 Å². The summed E-state index contributed by atoms with van der Waals surface area (Å²) in [5, 5.41) is 10.7. The first-order chi connectivity index (χ1) is 13.0. The molecule has 0 aliphatic heterocycles. The van der Waals surface area contributed by atoms with Gasteiger partial charge in [-0.25, -0.2) is 4.39 Å². The Morgan fingerprint density at radius 2 is 1.93 bits per heavy atom. The Morgan fingerprint density at radius 1 is 1.15 bits per heavy atom. The molecular weight excluding hydrogens is 343 g/mol.